The second-order valence-electron chi connectivity index (χ2n) is 16.2. The van der Waals surface area contributed by atoms with E-state index >= 15 is 0 Å². The molecule has 7 aromatic rings. The Hall–Kier alpha value is -5.20. The average Bonchev–Trinajstić information content (AvgIpc) is 3.59. The number of hydrogen-bond acceptors (Lipinski definition) is 0. The van der Waals surface area contributed by atoms with Gasteiger partial charge in [0.1, 0.15) is 0 Å². The van der Waals surface area contributed by atoms with E-state index in [0.29, 0.717) is 0 Å². The van der Waals surface area contributed by atoms with Gasteiger partial charge in [0.2, 0.25) is 0 Å². The van der Waals surface area contributed by atoms with E-state index < -0.39 is 0 Å². The fraction of sp³-hybridized carbons (Fsp3) is 0.184. The number of benzene rings is 7. The summed E-state index contributed by atoms with van der Waals surface area (Å²) in [5, 5.41) is 2.62. The van der Waals surface area contributed by atoms with Crippen LogP contribution in [-0.2, 0) is 16.2 Å². The van der Waals surface area contributed by atoms with Gasteiger partial charge in [-0.1, -0.05) is 139 Å². The summed E-state index contributed by atoms with van der Waals surface area (Å²) in [7, 11) is 0. The molecule has 0 amide bonds. The van der Waals surface area contributed by atoms with Crippen LogP contribution in [0.5, 0.6) is 0 Å². The summed E-state index contributed by atoms with van der Waals surface area (Å²) in [6.45, 7) is 14.7. The Morgan fingerprint density at radius 1 is 0.286 bits per heavy atom. The van der Waals surface area contributed by atoms with Gasteiger partial charge in [0.05, 0.1) is 0 Å². The highest BCUT2D eigenvalue weighted by atomic mass is 14.5. The second kappa shape index (κ2) is 9.48. The maximum atomic E-state index is 2.56. The van der Waals surface area contributed by atoms with Crippen molar-refractivity contribution in [1.29, 1.82) is 0 Å². The Balaban J connectivity index is 1.12. The molecule has 0 heterocycles. The quantitative estimate of drug-likeness (QED) is 0.179. The minimum Gasteiger partial charge on any atom is -0.0622 e. The molecular weight excluding hydrogens is 589 g/mol. The molecule has 236 valence electrons. The first-order valence-electron chi connectivity index (χ1n) is 17.8. The molecule has 0 saturated heterocycles. The zero-order valence-electron chi connectivity index (χ0n) is 29.2. The van der Waals surface area contributed by atoms with Gasteiger partial charge in [-0.15, -0.1) is 0 Å². The Kier molecular flexibility index (Phi) is 5.57. The van der Waals surface area contributed by atoms with Gasteiger partial charge in [-0.05, 0) is 136 Å². The third-order valence-corrected chi connectivity index (χ3v) is 12.4. The topological polar surface area (TPSA) is 0 Å². The van der Waals surface area contributed by atoms with Crippen molar-refractivity contribution >= 4 is 10.8 Å². The van der Waals surface area contributed by atoms with E-state index in [4.69, 9.17) is 0 Å². The monoisotopic (exact) mass is 628 g/mol. The molecule has 0 aromatic heterocycles. The van der Waals surface area contributed by atoms with Crippen molar-refractivity contribution in [3.63, 3.8) is 0 Å². The third-order valence-electron chi connectivity index (χ3n) is 12.4. The van der Waals surface area contributed by atoms with Crippen LogP contribution in [0.25, 0.3) is 66.4 Å². The van der Waals surface area contributed by atoms with Gasteiger partial charge >= 0.3 is 0 Å². The van der Waals surface area contributed by atoms with Crippen LogP contribution in [0.4, 0.5) is 0 Å². The molecule has 0 radical (unpaired) electrons. The van der Waals surface area contributed by atoms with E-state index in [9.17, 15) is 0 Å². The molecular formula is C49H40. The van der Waals surface area contributed by atoms with Crippen molar-refractivity contribution in [3.05, 3.63) is 167 Å². The lowest BCUT2D eigenvalue weighted by Gasteiger charge is -2.31. The molecule has 0 nitrogen and oxygen atoms in total. The lowest BCUT2D eigenvalue weighted by molar-refractivity contribution is 0.601. The van der Waals surface area contributed by atoms with Crippen molar-refractivity contribution in [1.82, 2.24) is 0 Å². The molecule has 0 spiro atoms. The molecule has 0 unspecified atom stereocenters. The molecule has 0 aliphatic heterocycles. The van der Waals surface area contributed by atoms with E-state index in [0.717, 1.165) is 0 Å². The van der Waals surface area contributed by atoms with Crippen molar-refractivity contribution in [2.75, 3.05) is 0 Å². The average molecular weight is 629 g/mol. The second-order valence-corrected chi connectivity index (χ2v) is 16.2. The van der Waals surface area contributed by atoms with Crippen LogP contribution < -0.4 is 0 Å². The highest BCUT2D eigenvalue weighted by Crippen LogP contribution is 2.61. The third kappa shape index (κ3) is 3.75. The first kappa shape index (κ1) is 28.8. The predicted octanol–water partition coefficient (Wildman–Crippen LogP) is 13.1. The minimum atomic E-state index is -0.124. The molecule has 3 aliphatic rings. The summed E-state index contributed by atoms with van der Waals surface area (Å²) in [5.74, 6) is 0. The molecule has 0 N–H and O–H groups in total. The van der Waals surface area contributed by atoms with Gasteiger partial charge in [0, 0.05) is 16.2 Å². The number of fused-ring (bicyclic) bond motifs is 11. The lowest BCUT2D eigenvalue weighted by atomic mass is 9.72. The summed E-state index contributed by atoms with van der Waals surface area (Å²) < 4.78 is 0. The SMILES string of the molecule is CC1(C)c2cc(-c3ccccc3)ccc2-c2cc3c(cc21)-c1ccc2c(c1C3(C)C)C(C)(C)c1cc3cc(-c4ccccc4)ccc3cc1-2. The Labute approximate surface area is 290 Å². The first-order valence-corrected chi connectivity index (χ1v) is 17.8. The van der Waals surface area contributed by atoms with Crippen LogP contribution in [0.1, 0.15) is 74.9 Å². The Morgan fingerprint density at radius 2 is 0.735 bits per heavy atom. The molecule has 0 fully saturated rings. The maximum Gasteiger partial charge on any atom is 0.0162 e. The van der Waals surface area contributed by atoms with Gasteiger partial charge in [-0.3, -0.25) is 0 Å². The highest BCUT2D eigenvalue weighted by molar-refractivity contribution is 5.99. The number of rotatable bonds is 2. The van der Waals surface area contributed by atoms with Crippen molar-refractivity contribution in [2.24, 2.45) is 0 Å². The molecule has 0 bridgehead atoms. The van der Waals surface area contributed by atoms with E-state index in [1.165, 1.54) is 99.8 Å². The molecule has 0 heteroatoms. The van der Waals surface area contributed by atoms with Crippen molar-refractivity contribution < 1.29 is 0 Å². The fourth-order valence-electron chi connectivity index (χ4n) is 9.80. The molecule has 10 rings (SSSR count). The molecule has 0 saturated carbocycles. The summed E-state index contributed by atoms with van der Waals surface area (Å²) in [6, 6.07) is 50.5. The standard InChI is InChI=1S/C49H40/c1-47(2)41-25-33(30-15-11-8-12-16-30)19-20-35(41)39-27-44-40(28-43(39)47)37-22-21-36-38-24-32-18-17-31(29-13-9-7-10-14-29)23-34(32)26-42(38)48(3,4)45(36)46(37)49(44,5)6/h7-28H,1-6H3. The summed E-state index contributed by atoms with van der Waals surface area (Å²) >= 11 is 0. The molecule has 7 aromatic carbocycles. The van der Waals surface area contributed by atoms with E-state index in [2.05, 4.69) is 175 Å². The van der Waals surface area contributed by atoms with Gasteiger partial charge in [-0.2, -0.15) is 0 Å². The van der Waals surface area contributed by atoms with Crippen LogP contribution in [-0.4, -0.2) is 0 Å². The molecule has 3 aliphatic carbocycles. The van der Waals surface area contributed by atoms with Gasteiger partial charge < -0.3 is 0 Å². The Bertz CT molecular complexity index is 2540. The highest BCUT2D eigenvalue weighted by Gasteiger charge is 2.47. The van der Waals surface area contributed by atoms with E-state index in [1.807, 2.05) is 0 Å². The largest absolute Gasteiger partial charge is 0.0622 e. The smallest absolute Gasteiger partial charge is 0.0162 e. The van der Waals surface area contributed by atoms with Gasteiger partial charge in [-0.25, -0.2) is 0 Å². The summed E-state index contributed by atoms with van der Waals surface area (Å²) in [6.07, 6.45) is 0. The normalized spacial score (nSPS) is 16.4. The van der Waals surface area contributed by atoms with Crippen molar-refractivity contribution in [2.45, 2.75) is 57.8 Å². The molecule has 49 heavy (non-hydrogen) atoms. The summed E-state index contributed by atoms with van der Waals surface area (Å²) in [5.41, 5.74) is 22.0. The van der Waals surface area contributed by atoms with E-state index in [-0.39, 0.29) is 16.2 Å². The first-order chi connectivity index (χ1) is 23.5. The van der Waals surface area contributed by atoms with Gasteiger partial charge in [0.15, 0.2) is 0 Å². The summed E-state index contributed by atoms with van der Waals surface area (Å²) in [4.78, 5) is 0. The maximum absolute atomic E-state index is 2.56. The fourth-order valence-corrected chi connectivity index (χ4v) is 9.80. The zero-order valence-corrected chi connectivity index (χ0v) is 29.2. The van der Waals surface area contributed by atoms with Crippen LogP contribution in [0.15, 0.2) is 133 Å². The zero-order chi connectivity index (χ0) is 33.4. The lowest BCUT2D eigenvalue weighted by Crippen LogP contribution is -2.24. The molecule has 0 atom stereocenters. The van der Waals surface area contributed by atoms with Gasteiger partial charge in [0.25, 0.3) is 0 Å². The van der Waals surface area contributed by atoms with Crippen LogP contribution in [0, 0.1) is 0 Å². The predicted molar refractivity (Wildman–Crippen MR) is 208 cm³/mol. The van der Waals surface area contributed by atoms with E-state index in [1.54, 1.807) is 0 Å². The van der Waals surface area contributed by atoms with Crippen LogP contribution in [0.3, 0.4) is 0 Å². The van der Waals surface area contributed by atoms with Crippen LogP contribution in [0.2, 0.25) is 0 Å². The number of hydrogen-bond donors (Lipinski definition) is 0. The Morgan fingerprint density at radius 3 is 1.35 bits per heavy atom. The van der Waals surface area contributed by atoms with Crippen LogP contribution >= 0.6 is 0 Å². The minimum absolute atomic E-state index is 0.0810. The van der Waals surface area contributed by atoms with Crippen molar-refractivity contribution in [3.8, 4) is 55.6 Å².